The van der Waals surface area contributed by atoms with E-state index in [0.29, 0.717) is 6.07 Å². The molecule has 21 heavy (non-hydrogen) atoms. The Kier molecular flexibility index (Phi) is 4.14. The van der Waals surface area contributed by atoms with E-state index in [0.717, 1.165) is 12.1 Å². The average Bonchev–Trinajstić information content (AvgIpc) is 2.42. The molecular weight excluding hydrogens is 348 g/mol. The number of rotatable bonds is 3. The van der Waals surface area contributed by atoms with Crippen molar-refractivity contribution in [3.8, 4) is 6.07 Å². The molecule has 0 unspecified atom stereocenters. The van der Waals surface area contributed by atoms with Gasteiger partial charge in [-0.3, -0.25) is 10.1 Å². The Labute approximate surface area is 126 Å². The highest BCUT2D eigenvalue weighted by Crippen LogP contribution is 2.32. The summed E-state index contributed by atoms with van der Waals surface area (Å²) in [5.74, 6) is -1.61. The molecule has 0 aromatic heterocycles. The van der Waals surface area contributed by atoms with Gasteiger partial charge >= 0.3 is 0 Å². The second-order valence-electron chi connectivity index (χ2n) is 3.97. The number of nitro groups is 1. The zero-order chi connectivity index (χ0) is 15.6. The molecule has 2 rings (SSSR count). The quantitative estimate of drug-likeness (QED) is 0.660. The second-order valence-corrected chi connectivity index (χ2v) is 4.82. The van der Waals surface area contributed by atoms with Crippen LogP contribution in [0.25, 0.3) is 0 Å². The summed E-state index contributed by atoms with van der Waals surface area (Å²) >= 11 is 3.01. The SMILES string of the molecule is N#Cc1cc([N+](=O)[O-])ccc1Nc1c(F)cc(F)cc1Br. The minimum Gasteiger partial charge on any atom is -0.351 e. The zero-order valence-electron chi connectivity index (χ0n) is 10.2. The van der Waals surface area contributed by atoms with Gasteiger partial charge in [-0.2, -0.15) is 5.26 Å². The second kappa shape index (κ2) is 5.85. The van der Waals surface area contributed by atoms with Gasteiger partial charge in [-0.25, -0.2) is 8.78 Å². The highest BCUT2D eigenvalue weighted by Gasteiger charge is 2.14. The van der Waals surface area contributed by atoms with Crippen LogP contribution in [0.1, 0.15) is 5.56 Å². The number of halogens is 3. The normalized spacial score (nSPS) is 10.0. The van der Waals surface area contributed by atoms with E-state index in [9.17, 15) is 18.9 Å². The van der Waals surface area contributed by atoms with Crippen LogP contribution in [0.15, 0.2) is 34.8 Å². The van der Waals surface area contributed by atoms with Crippen molar-refractivity contribution in [2.45, 2.75) is 0 Å². The minimum atomic E-state index is -0.857. The van der Waals surface area contributed by atoms with E-state index < -0.39 is 16.6 Å². The van der Waals surface area contributed by atoms with Gasteiger partial charge in [0.2, 0.25) is 0 Å². The molecule has 0 saturated heterocycles. The molecule has 0 fully saturated rings. The van der Waals surface area contributed by atoms with Gasteiger partial charge in [0.05, 0.1) is 21.9 Å². The monoisotopic (exact) mass is 353 g/mol. The highest BCUT2D eigenvalue weighted by atomic mass is 79.9. The summed E-state index contributed by atoms with van der Waals surface area (Å²) in [4.78, 5) is 10.0. The first-order valence-electron chi connectivity index (χ1n) is 5.52. The van der Waals surface area contributed by atoms with Crippen molar-refractivity contribution in [2.75, 3.05) is 5.32 Å². The lowest BCUT2D eigenvalue weighted by Crippen LogP contribution is -1.99. The van der Waals surface area contributed by atoms with Crippen LogP contribution in [0.3, 0.4) is 0 Å². The predicted octanol–water partition coefficient (Wildman–Crippen LogP) is 4.25. The molecule has 0 atom stereocenters. The fourth-order valence-electron chi connectivity index (χ4n) is 1.64. The number of nitriles is 1. The molecular formula is C13H6BrF2N3O2. The number of benzene rings is 2. The Morgan fingerprint density at radius 1 is 1.29 bits per heavy atom. The molecule has 0 heterocycles. The molecule has 5 nitrogen and oxygen atoms in total. The standard InChI is InChI=1S/C13H6BrF2N3O2/c14-10-4-8(15)5-11(16)13(10)18-12-2-1-9(19(20)21)3-7(12)6-17/h1-5,18H. The third-order valence-corrected chi connectivity index (χ3v) is 3.23. The van der Waals surface area contributed by atoms with Gasteiger partial charge < -0.3 is 5.32 Å². The molecule has 0 bridgehead atoms. The largest absolute Gasteiger partial charge is 0.351 e. The van der Waals surface area contributed by atoms with E-state index in [1.54, 1.807) is 6.07 Å². The van der Waals surface area contributed by atoms with Gasteiger partial charge in [0, 0.05) is 22.7 Å². The van der Waals surface area contributed by atoms with E-state index >= 15 is 0 Å². The van der Waals surface area contributed by atoms with Gasteiger partial charge in [0.15, 0.2) is 5.82 Å². The van der Waals surface area contributed by atoms with Crippen LogP contribution >= 0.6 is 15.9 Å². The summed E-state index contributed by atoms with van der Waals surface area (Å²) in [7, 11) is 0. The van der Waals surface area contributed by atoms with E-state index in [1.165, 1.54) is 12.1 Å². The average molecular weight is 354 g/mol. The van der Waals surface area contributed by atoms with Crippen molar-refractivity contribution < 1.29 is 13.7 Å². The molecule has 106 valence electrons. The first kappa shape index (κ1) is 14.9. The van der Waals surface area contributed by atoms with E-state index in [-0.39, 0.29) is 27.1 Å². The first-order chi connectivity index (χ1) is 9.92. The van der Waals surface area contributed by atoms with Crippen molar-refractivity contribution in [1.29, 1.82) is 5.26 Å². The third-order valence-electron chi connectivity index (χ3n) is 2.60. The van der Waals surface area contributed by atoms with Crippen LogP contribution in [0.2, 0.25) is 0 Å². The molecule has 0 spiro atoms. The number of nitrogens with one attached hydrogen (secondary N) is 1. The fraction of sp³-hybridized carbons (Fsp3) is 0. The number of anilines is 2. The van der Waals surface area contributed by atoms with Gasteiger partial charge in [0.25, 0.3) is 5.69 Å². The van der Waals surface area contributed by atoms with Crippen LogP contribution < -0.4 is 5.32 Å². The van der Waals surface area contributed by atoms with E-state index in [4.69, 9.17) is 5.26 Å². The molecule has 0 aliphatic rings. The van der Waals surface area contributed by atoms with Crippen molar-refractivity contribution in [2.24, 2.45) is 0 Å². The summed E-state index contributed by atoms with van der Waals surface area (Å²) in [6, 6.07) is 7.06. The summed E-state index contributed by atoms with van der Waals surface area (Å²) in [6.07, 6.45) is 0. The Balaban J connectivity index is 2.46. The van der Waals surface area contributed by atoms with E-state index in [2.05, 4.69) is 21.2 Å². The summed E-state index contributed by atoms with van der Waals surface area (Å²) in [6.45, 7) is 0. The Morgan fingerprint density at radius 2 is 2.00 bits per heavy atom. The van der Waals surface area contributed by atoms with Crippen LogP contribution in [-0.2, 0) is 0 Å². The lowest BCUT2D eigenvalue weighted by molar-refractivity contribution is -0.384. The molecule has 1 N–H and O–H groups in total. The van der Waals surface area contributed by atoms with Crippen molar-refractivity contribution in [1.82, 2.24) is 0 Å². The van der Waals surface area contributed by atoms with Crippen LogP contribution in [0.5, 0.6) is 0 Å². The smallest absolute Gasteiger partial charge is 0.270 e. The van der Waals surface area contributed by atoms with Crippen molar-refractivity contribution in [3.05, 3.63) is 62.1 Å². The third kappa shape index (κ3) is 3.14. The number of hydrogen-bond donors (Lipinski definition) is 1. The Hall–Kier alpha value is -2.53. The molecule has 2 aromatic carbocycles. The van der Waals surface area contributed by atoms with Crippen LogP contribution in [0, 0.1) is 33.1 Å². The number of nitro benzene ring substituents is 1. The van der Waals surface area contributed by atoms with Gasteiger partial charge in [-0.05, 0) is 28.1 Å². The number of non-ortho nitro benzene ring substituents is 1. The van der Waals surface area contributed by atoms with Gasteiger partial charge in [-0.1, -0.05) is 0 Å². The summed E-state index contributed by atoms with van der Waals surface area (Å²) in [5, 5.41) is 22.3. The topological polar surface area (TPSA) is 79.0 Å². The predicted molar refractivity (Wildman–Crippen MR) is 75.2 cm³/mol. The molecule has 0 aliphatic heterocycles. The molecule has 0 amide bonds. The van der Waals surface area contributed by atoms with Crippen LogP contribution in [0.4, 0.5) is 25.8 Å². The van der Waals surface area contributed by atoms with Gasteiger partial charge in [-0.15, -0.1) is 0 Å². The fourth-order valence-corrected chi connectivity index (χ4v) is 2.15. The molecule has 0 radical (unpaired) electrons. The van der Waals surface area contributed by atoms with E-state index in [1.807, 2.05) is 0 Å². The highest BCUT2D eigenvalue weighted by molar-refractivity contribution is 9.10. The maximum Gasteiger partial charge on any atom is 0.270 e. The molecule has 0 saturated carbocycles. The zero-order valence-corrected chi connectivity index (χ0v) is 11.8. The van der Waals surface area contributed by atoms with Gasteiger partial charge in [0.1, 0.15) is 11.9 Å². The molecule has 8 heteroatoms. The van der Waals surface area contributed by atoms with Crippen molar-refractivity contribution >= 4 is 33.0 Å². The first-order valence-corrected chi connectivity index (χ1v) is 6.32. The number of nitrogens with zero attached hydrogens (tertiary/aromatic N) is 2. The molecule has 2 aromatic rings. The summed E-state index contributed by atoms with van der Waals surface area (Å²) in [5.41, 5.74) is -0.174. The lowest BCUT2D eigenvalue weighted by Gasteiger charge is -2.11. The maximum absolute atomic E-state index is 13.7. The Bertz CT molecular complexity index is 751. The maximum atomic E-state index is 13.7. The summed E-state index contributed by atoms with van der Waals surface area (Å²) < 4.78 is 26.9. The Morgan fingerprint density at radius 3 is 2.57 bits per heavy atom. The van der Waals surface area contributed by atoms with Crippen molar-refractivity contribution in [3.63, 3.8) is 0 Å². The number of hydrogen-bond acceptors (Lipinski definition) is 4. The minimum absolute atomic E-state index is 0.0279. The lowest BCUT2D eigenvalue weighted by atomic mass is 10.1. The van der Waals surface area contributed by atoms with Crippen LogP contribution in [-0.4, -0.2) is 4.92 Å². The molecule has 0 aliphatic carbocycles.